The van der Waals surface area contributed by atoms with Gasteiger partial charge in [0.05, 0.1) is 19.1 Å². The lowest BCUT2D eigenvalue weighted by molar-refractivity contribution is -0.151. The second-order valence-electron chi connectivity index (χ2n) is 9.01. The summed E-state index contributed by atoms with van der Waals surface area (Å²) in [5, 5.41) is 8.22. The molecule has 0 spiro atoms. The Labute approximate surface area is 198 Å². The van der Waals surface area contributed by atoms with Gasteiger partial charge in [0.15, 0.2) is 5.82 Å². The van der Waals surface area contributed by atoms with E-state index in [1.807, 2.05) is 24.3 Å². The van der Waals surface area contributed by atoms with Gasteiger partial charge in [-0.3, -0.25) is 14.4 Å². The van der Waals surface area contributed by atoms with Crippen LogP contribution in [0.1, 0.15) is 51.1 Å². The highest BCUT2D eigenvalue weighted by molar-refractivity contribution is 5.78. The smallest absolute Gasteiger partial charge is 0.310 e. The number of benzene rings is 1. The van der Waals surface area contributed by atoms with E-state index < -0.39 is 0 Å². The van der Waals surface area contributed by atoms with Gasteiger partial charge < -0.3 is 19.4 Å². The van der Waals surface area contributed by atoms with E-state index in [1.165, 1.54) is 19.3 Å². The lowest BCUT2D eigenvalue weighted by Gasteiger charge is -2.31. The maximum Gasteiger partial charge on any atom is 0.310 e. The SMILES string of the molecule is CCOC(=O)[C@@H]1CCCN(C(=O)CCc2nnc(-c3ccc(OCC4CCC4)cc3)[nH]c2=O)C1. The van der Waals surface area contributed by atoms with Crippen LogP contribution >= 0.6 is 0 Å². The number of hydrogen-bond acceptors (Lipinski definition) is 7. The molecule has 1 saturated heterocycles. The van der Waals surface area contributed by atoms with Gasteiger partial charge in [-0.15, -0.1) is 10.2 Å². The second kappa shape index (κ2) is 11.3. The first-order valence-corrected chi connectivity index (χ1v) is 12.2. The van der Waals surface area contributed by atoms with Crippen LogP contribution in [0.2, 0.25) is 0 Å². The van der Waals surface area contributed by atoms with E-state index in [2.05, 4.69) is 15.2 Å². The lowest BCUT2D eigenvalue weighted by Crippen LogP contribution is -2.43. The average molecular weight is 469 g/mol. The summed E-state index contributed by atoms with van der Waals surface area (Å²) >= 11 is 0. The standard InChI is InChI=1S/C25H32N4O5/c1-2-33-25(32)19-7-4-14-29(15-19)22(30)13-12-21-24(31)26-23(28-27-21)18-8-10-20(11-9-18)34-16-17-5-3-6-17/h8-11,17,19H,2-7,12-16H2,1H3,(H,26,28,31)/t19-/m1/s1. The number of aromatic nitrogens is 3. The van der Waals surface area contributed by atoms with E-state index in [4.69, 9.17) is 9.47 Å². The third kappa shape index (κ3) is 6.01. The summed E-state index contributed by atoms with van der Waals surface area (Å²) in [6.45, 7) is 3.81. The number of nitrogens with zero attached hydrogens (tertiary/aromatic N) is 3. The minimum absolute atomic E-state index is 0.100. The number of H-pyrrole nitrogens is 1. The van der Waals surface area contributed by atoms with Gasteiger partial charge in [-0.25, -0.2) is 0 Å². The quantitative estimate of drug-likeness (QED) is 0.563. The van der Waals surface area contributed by atoms with E-state index in [-0.39, 0.29) is 41.9 Å². The first-order valence-electron chi connectivity index (χ1n) is 12.2. The van der Waals surface area contributed by atoms with Gasteiger partial charge in [0.2, 0.25) is 5.91 Å². The molecule has 9 heteroatoms. The average Bonchev–Trinajstić information content (AvgIpc) is 2.83. The van der Waals surface area contributed by atoms with E-state index in [0.29, 0.717) is 31.4 Å². The molecule has 1 amide bonds. The van der Waals surface area contributed by atoms with E-state index in [9.17, 15) is 14.4 Å². The number of rotatable bonds is 9. The molecule has 182 valence electrons. The van der Waals surface area contributed by atoms with Crippen molar-refractivity contribution in [3.05, 3.63) is 40.3 Å². The second-order valence-corrected chi connectivity index (χ2v) is 9.01. The van der Waals surface area contributed by atoms with Crippen molar-refractivity contribution in [2.75, 3.05) is 26.3 Å². The van der Waals surface area contributed by atoms with E-state index >= 15 is 0 Å². The summed E-state index contributed by atoms with van der Waals surface area (Å²) in [6, 6.07) is 7.41. The topological polar surface area (TPSA) is 114 Å². The highest BCUT2D eigenvalue weighted by Gasteiger charge is 2.29. The number of piperidine rings is 1. The van der Waals surface area contributed by atoms with Crippen molar-refractivity contribution in [2.24, 2.45) is 11.8 Å². The van der Waals surface area contributed by atoms with Crippen LogP contribution in [-0.2, 0) is 20.7 Å². The fourth-order valence-corrected chi connectivity index (χ4v) is 4.28. The van der Waals surface area contributed by atoms with Crippen LogP contribution in [0.5, 0.6) is 5.75 Å². The molecule has 0 radical (unpaired) electrons. The maximum atomic E-state index is 12.6. The van der Waals surface area contributed by atoms with Gasteiger partial charge in [-0.05, 0) is 62.8 Å². The molecule has 1 atom stereocenters. The first-order chi connectivity index (χ1) is 16.5. The van der Waals surface area contributed by atoms with Crippen molar-refractivity contribution in [1.29, 1.82) is 0 Å². The number of amides is 1. The number of aryl methyl sites for hydroxylation is 1. The van der Waals surface area contributed by atoms with Crippen LogP contribution in [0, 0.1) is 11.8 Å². The largest absolute Gasteiger partial charge is 0.493 e. The summed E-state index contributed by atoms with van der Waals surface area (Å²) in [5.74, 6) is 1.20. The molecule has 34 heavy (non-hydrogen) atoms. The zero-order valence-corrected chi connectivity index (χ0v) is 19.6. The van der Waals surface area contributed by atoms with Crippen LogP contribution in [0.3, 0.4) is 0 Å². The highest BCUT2D eigenvalue weighted by atomic mass is 16.5. The summed E-state index contributed by atoms with van der Waals surface area (Å²) in [7, 11) is 0. The zero-order valence-electron chi connectivity index (χ0n) is 19.6. The van der Waals surface area contributed by atoms with E-state index in [1.54, 1.807) is 11.8 Å². The normalized spacial score (nSPS) is 18.3. The summed E-state index contributed by atoms with van der Waals surface area (Å²) in [4.78, 5) is 41.6. The van der Waals surface area contributed by atoms with Gasteiger partial charge in [-0.2, -0.15) is 0 Å². The molecule has 1 aliphatic carbocycles. The molecule has 0 bridgehead atoms. The Hall–Kier alpha value is -3.23. The Kier molecular flexibility index (Phi) is 7.92. The number of aromatic amines is 1. The molecule has 4 rings (SSSR count). The third-order valence-corrected chi connectivity index (χ3v) is 6.57. The van der Waals surface area contributed by atoms with Crippen LogP contribution in [0.15, 0.2) is 29.1 Å². The summed E-state index contributed by atoms with van der Waals surface area (Å²) in [6.07, 6.45) is 5.57. The van der Waals surface area contributed by atoms with Crippen LogP contribution in [0.25, 0.3) is 11.4 Å². The van der Waals surface area contributed by atoms with Crippen LogP contribution in [-0.4, -0.2) is 58.3 Å². The molecule has 1 aliphatic heterocycles. The predicted molar refractivity (Wildman–Crippen MR) is 125 cm³/mol. The molecule has 1 aromatic heterocycles. The summed E-state index contributed by atoms with van der Waals surface area (Å²) in [5.41, 5.74) is 0.601. The number of likely N-dealkylation sites (tertiary alicyclic amines) is 1. The number of ether oxygens (including phenoxy) is 2. The molecule has 9 nitrogen and oxygen atoms in total. The Bertz CT molecular complexity index is 1050. The number of esters is 1. The Morgan fingerprint density at radius 2 is 1.91 bits per heavy atom. The van der Waals surface area contributed by atoms with Crippen molar-refractivity contribution in [3.63, 3.8) is 0 Å². The van der Waals surface area contributed by atoms with Gasteiger partial charge in [0, 0.05) is 31.5 Å². The molecular formula is C25H32N4O5. The molecular weight excluding hydrogens is 436 g/mol. The molecule has 1 saturated carbocycles. The monoisotopic (exact) mass is 468 g/mol. The Morgan fingerprint density at radius 1 is 1.12 bits per heavy atom. The van der Waals surface area contributed by atoms with Crippen molar-refractivity contribution in [1.82, 2.24) is 20.1 Å². The number of hydrogen-bond donors (Lipinski definition) is 1. The molecule has 2 heterocycles. The van der Waals surface area contributed by atoms with Crippen molar-refractivity contribution in [2.45, 2.75) is 51.9 Å². The third-order valence-electron chi connectivity index (χ3n) is 6.57. The molecule has 2 aromatic rings. The molecule has 1 N–H and O–H groups in total. The highest BCUT2D eigenvalue weighted by Crippen LogP contribution is 2.27. The molecule has 2 aliphatic rings. The maximum absolute atomic E-state index is 12.6. The first kappa shape index (κ1) is 23.9. The Morgan fingerprint density at radius 3 is 2.59 bits per heavy atom. The van der Waals surface area contributed by atoms with E-state index in [0.717, 1.165) is 30.8 Å². The number of carbonyl (C=O) groups is 2. The van der Waals surface area contributed by atoms with Crippen molar-refractivity contribution >= 4 is 11.9 Å². The van der Waals surface area contributed by atoms with Crippen molar-refractivity contribution < 1.29 is 19.1 Å². The molecule has 2 fully saturated rings. The number of nitrogens with one attached hydrogen (secondary N) is 1. The van der Waals surface area contributed by atoms with Gasteiger partial charge in [0.25, 0.3) is 5.56 Å². The fourth-order valence-electron chi connectivity index (χ4n) is 4.28. The zero-order chi connectivity index (χ0) is 23.9. The van der Waals surface area contributed by atoms with Gasteiger partial charge in [0.1, 0.15) is 11.4 Å². The van der Waals surface area contributed by atoms with Crippen molar-refractivity contribution in [3.8, 4) is 17.1 Å². The van der Waals surface area contributed by atoms with Gasteiger partial charge >= 0.3 is 5.97 Å². The lowest BCUT2D eigenvalue weighted by atomic mass is 9.86. The molecule has 0 unspecified atom stereocenters. The van der Waals surface area contributed by atoms with Gasteiger partial charge in [-0.1, -0.05) is 6.42 Å². The fraction of sp³-hybridized carbons (Fsp3) is 0.560. The Balaban J connectivity index is 1.30. The summed E-state index contributed by atoms with van der Waals surface area (Å²) < 4.78 is 10.9. The minimum atomic E-state index is -0.355. The number of carbonyl (C=O) groups excluding carboxylic acids is 2. The van der Waals surface area contributed by atoms with Crippen LogP contribution < -0.4 is 10.3 Å². The minimum Gasteiger partial charge on any atom is -0.493 e. The predicted octanol–water partition coefficient (Wildman–Crippen LogP) is 2.75. The molecule has 1 aromatic carbocycles. The van der Waals surface area contributed by atoms with Crippen LogP contribution in [0.4, 0.5) is 0 Å².